The van der Waals surface area contributed by atoms with Crippen LogP contribution in [0.25, 0.3) is 6.08 Å². The summed E-state index contributed by atoms with van der Waals surface area (Å²) in [6, 6.07) is -0.955. The second-order valence-electron chi connectivity index (χ2n) is 7.88. The number of piperidine rings is 1. The van der Waals surface area contributed by atoms with Gasteiger partial charge >= 0.3 is 5.97 Å². The summed E-state index contributed by atoms with van der Waals surface area (Å²) in [7, 11) is 0. The van der Waals surface area contributed by atoms with E-state index in [9.17, 15) is 19.2 Å². The van der Waals surface area contributed by atoms with Crippen molar-refractivity contribution in [1.29, 1.82) is 0 Å². The number of carbonyl (C=O) groups is 4. The number of hydrogen-bond donors (Lipinski definition) is 3. The average molecular weight is 516 g/mol. The molecule has 1 aromatic rings. The molecule has 1 unspecified atom stereocenters. The number of rotatable bonds is 8. The van der Waals surface area contributed by atoms with Crippen LogP contribution in [0.15, 0.2) is 11.0 Å². The lowest BCUT2D eigenvalue weighted by molar-refractivity contribution is -0.142. The Hall–Kier alpha value is -2.23. The Kier molecular flexibility index (Phi) is 9.63. The molecule has 1 heterocycles. The van der Waals surface area contributed by atoms with Gasteiger partial charge in [0, 0.05) is 30.0 Å². The van der Waals surface area contributed by atoms with E-state index in [2.05, 4.69) is 5.32 Å². The fourth-order valence-corrected chi connectivity index (χ4v) is 5.10. The number of thioether (sulfide) groups is 1. The van der Waals surface area contributed by atoms with Crippen LogP contribution >= 0.6 is 35.0 Å². The largest absolute Gasteiger partial charge is 0.480 e. The first-order valence-electron chi connectivity index (χ1n) is 10.3. The van der Waals surface area contributed by atoms with E-state index < -0.39 is 17.9 Å². The Labute approximate surface area is 206 Å². The maximum absolute atomic E-state index is 12.7. The van der Waals surface area contributed by atoms with Gasteiger partial charge in [-0.05, 0) is 56.4 Å². The van der Waals surface area contributed by atoms with Gasteiger partial charge < -0.3 is 21.1 Å². The Balaban J connectivity index is 2.06. The number of aliphatic carboxylic acids is 1. The monoisotopic (exact) mass is 515 g/mol. The maximum atomic E-state index is 12.7. The molecule has 0 aromatic heterocycles. The Morgan fingerprint density at radius 1 is 1.18 bits per heavy atom. The van der Waals surface area contributed by atoms with Crippen molar-refractivity contribution >= 4 is 64.7 Å². The van der Waals surface area contributed by atoms with E-state index in [1.807, 2.05) is 13.8 Å². The Bertz CT molecular complexity index is 962. The molecule has 11 heteroatoms. The summed E-state index contributed by atoms with van der Waals surface area (Å²) >= 11 is 14.1. The number of amides is 3. The molecule has 2 rings (SSSR count). The zero-order chi connectivity index (χ0) is 24.9. The number of primary amides is 1. The number of nitrogens with zero attached hydrogens (tertiary/aromatic N) is 1. The predicted molar refractivity (Wildman–Crippen MR) is 129 cm³/mol. The fourth-order valence-electron chi connectivity index (χ4n) is 3.45. The average Bonchev–Trinajstić information content (AvgIpc) is 2.77. The van der Waals surface area contributed by atoms with E-state index in [0.29, 0.717) is 46.4 Å². The molecular weight excluding hydrogens is 489 g/mol. The third kappa shape index (κ3) is 6.88. The Morgan fingerprint density at radius 3 is 2.33 bits per heavy atom. The minimum Gasteiger partial charge on any atom is -0.480 e. The van der Waals surface area contributed by atoms with Crippen LogP contribution in [-0.4, -0.2) is 58.6 Å². The molecule has 8 nitrogen and oxygen atoms in total. The van der Waals surface area contributed by atoms with E-state index >= 15 is 0 Å². The topological polar surface area (TPSA) is 130 Å². The number of likely N-dealkylation sites (tertiary alicyclic amines) is 1. The lowest BCUT2D eigenvalue weighted by Crippen LogP contribution is -2.46. The van der Waals surface area contributed by atoms with Crippen LogP contribution in [-0.2, 0) is 19.2 Å². The summed E-state index contributed by atoms with van der Waals surface area (Å²) in [6.45, 7) is 5.91. The van der Waals surface area contributed by atoms with Crippen molar-refractivity contribution in [1.82, 2.24) is 10.2 Å². The highest BCUT2D eigenvalue weighted by Gasteiger charge is 2.28. The lowest BCUT2D eigenvalue weighted by atomic mass is 9.95. The van der Waals surface area contributed by atoms with Gasteiger partial charge in [0.25, 0.3) is 0 Å². The van der Waals surface area contributed by atoms with Gasteiger partial charge in [0.1, 0.15) is 6.04 Å². The van der Waals surface area contributed by atoms with Crippen molar-refractivity contribution in [2.24, 2.45) is 11.7 Å². The number of carboxylic acids is 1. The van der Waals surface area contributed by atoms with Gasteiger partial charge in [-0.2, -0.15) is 0 Å². The number of carbonyl (C=O) groups excluding carboxylic acids is 3. The van der Waals surface area contributed by atoms with Crippen LogP contribution in [0.4, 0.5) is 0 Å². The Morgan fingerprint density at radius 2 is 1.79 bits per heavy atom. The smallest absolute Gasteiger partial charge is 0.325 e. The molecule has 1 aliphatic rings. The highest BCUT2D eigenvalue weighted by Crippen LogP contribution is 2.41. The van der Waals surface area contributed by atoms with Crippen LogP contribution in [0.5, 0.6) is 0 Å². The molecule has 3 amide bonds. The van der Waals surface area contributed by atoms with Gasteiger partial charge in [-0.1, -0.05) is 23.2 Å². The third-order valence-corrected chi connectivity index (χ3v) is 7.80. The molecule has 180 valence electrons. The van der Waals surface area contributed by atoms with Crippen molar-refractivity contribution < 1.29 is 24.3 Å². The standard InChI is InChI=1S/C22H27Cl2N3O5S/c1-11-12(2)20(33-10-16(25)28)19(24)18(23)15(11)4-5-17(29)27-8-6-14(7-9-27)21(30)26-13(3)22(31)32/h4-5,13-14H,6-10H2,1-3H3,(H2,25,28)(H,26,30)(H,31,32). The summed E-state index contributed by atoms with van der Waals surface area (Å²) in [6.07, 6.45) is 3.95. The summed E-state index contributed by atoms with van der Waals surface area (Å²) in [5.74, 6) is -2.34. The van der Waals surface area contributed by atoms with E-state index in [1.165, 1.54) is 24.8 Å². The number of nitrogens with one attached hydrogen (secondary N) is 1. The van der Waals surface area contributed by atoms with Crippen molar-refractivity contribution in [3.8, 4) is 0 Å². The van der Waals surface area contributed by atoms with Gasteiger partial charge in [0.05, 0.1) is 15.8 Å². The van der Waals surface area contributed by atoms with Gasteiger partial charge in [-0.25, -0.2) is 0 Å². The minimum absolute atomic E-state index is 0.0766. The molecular formula is C22H27Cl2N3O5S. The highest BCUT2D eigenvalue weighted by atomic mass is 35.5. The van der Waals surface area contributed by atoms with E-state index in [-0.39, 0.29) is 23.5 Å². The van der Waals surface area contributed by atoms with Crippen LogP contribution in [0.1, 0.15) is 36.5 Å². The molecule has 1 aliphatic heterocycles. The van der Waals surface area contributed by atoms with Crippen molar-refractivity contribution in [2.75, 3.05) is 18.8 Å². The van der Waals surface area contributed by atoms with Gasteiger partial charge in [0.2, 0.25) is 17.7 Å². The number of hydrogen-bond acceptors (Lipinski definition) is 5. The normalized spacial score (nSPS) is 15.5. The summed E-state index contributed by atoms with van der Waals surface area (Å²) < 4.78 is 0. The minimum atomic E-state index is -1.09. The summed E-state index contributed by atoms with van der Waals surface area (Å²) in [4.78, 5) is 49.2. The number of halogens is 2. The second-order valence-corrected chi connectivity index (χ2v) is 9.62. The number of benzene rings is 1. The predicted octanol–water partition coefficient (Wildman–Crippen LogP) is 3.03. The van der Waals surface area contributed by atoms with Crippen LogP contribution < -0.4 is 11.1 Å². The first-order chi connectivity index (χ1) is 15.4. The molecule has 1 aromatic carbocycles. The van der Waals surface area contributed by atoms with Crippen LogP contribution in [0.3, 0.4) is 0 Å². The van der Waals surface area contributed by atoms with Crippen molar-refractivity contribution in [2.45, 2.75) is 44.6 Å². The second kappa shape index (κ2) is 11.8. The first-order valence-corrected chi connectivity index (χ1v) is 12.1. The molecule has 0 bridgehead atoms. The van der Waals surface area contributed by atoms with Crippen molar-refractivity contribution in [3.05, 3.63) is 32.8 Å². The molecule has 0 saturated carbocycles. The molecule has 33 heavy (non-hydrogen) atoms. The van der Waals surface area contributed by atoms with Crippen LogP contribution in [0.2, 0.25) is 10.0 Å². The van der Waals surface area contributed by atoms with Gasteiger partial charge in [-0.3, -0.25) is 19.2 Å². The fraction of sp³-hybridized carbons (Fsp3) is 0.455. The van der Waals surface area contributed by atoms with Gasteiger partial charge in [-0.15, -0.1) is 11.8 Å². The maximum Gasteiger partial charge on any atom is 0.325 e. The van der Waals surface area contributed by atoms with Gasteiger partial charge in [0.15, 0.2) is 0 Å². The third-order valence-electron chi connectivity index (χ3n) is 5.59. The highest BCUT2D eigenvalue weighted by molar-refractivity contribution is 8.00. The molecule has 0 spiro atoms. The lowest BCUT2D eigenvalue weighted by Gasteiger charge is -2.31. The quantitative estimate of drug-likeness (QED) is 0.360. The van der Waals surface area contributed by atoms with E-state index in [1.54, 1.807) is 11.0 Å². The summed E-state index contributed by atoms with van der Waals surface area (Å²) in [5.41, 5.74) is 7.53. The number of carboxylic acid groups (broad SMARTS) is 1. The van der Waals surface area contributed by atoms with E-state index in [0.717, 1.165) is 11.1 Å². The molecule has 1 fully saturated rings. The molecule has 0 radical (unpaired) electrons. The summed E-state index contributed by atoms with van der Waals surface area (Å²) in [5, 5.41) is 12.0. The molecule has 4 N–H and O–H groups in total. The zero-order valence-corrected chi connectivity index (χ0v) is 20.9. The zero-order valence-electron chi connectivity index (χ0n) is 18.6. The molecule has 1 atom stereocenters. The molecule has 0 aliphatic carbocycles. The number of nitrogens with two attached hydrogens (primary N) is 1. The van der Waals surface area contributed by atoms with Crippen LogP contribution in [0, 0.1) is 19.8 Å². The molecule has 1 saturated heterocycles. The van der Waals surface area contributed by atoms with E-state index in [4.69, 9.17) is 34.0 Å². The SMILES string of the molecule is Cc1c(C)c(SCC(N)=O)c(Cl)c(Cl)c1C=CC(=O)N1CCC(C(=O)NC(C)C(=O)O)CC1. The van der Waals surface area contributed by atoms with Crippen molar-refractivity contribution in [3.63, 3.8) is 0 Å². The first kappa shape index (κ1) is 27.0.